The Kier molecular flexibility index (Phi) is 4.98. The molecule has 0 bridgehead atoms. The molecule has 0 aliphatic carbocycles. The Bertz CT molecular complexity index is 785. The summed E-state index contributed by atoms with van der Waals surface area (Å²) in [4.78, 5) is 15.7. The topological polar surface area (TPSA) is 91.9 Å². The average Bonchev–Trinajstić information content (AvgIpc) is 2.52. The summed E-state index contributed by atoms with van der Waals surface area (Å²) in [7, 11) is 0. The third-order valence-electron chi connectivity index (χ3n) is 3.03. The Morgan fingerprint density at radius 2 is 1.92 bits per heavy atom. The summed E-state index contributed by atoms with van der Waals surface area (Å²) < 4.78 is 39.8. The van der Waals surface area contributed by atoms with Crippen molar-refractivity contribution >= 4 is 17.4 Å². The van der Waals surface area contributed by atoms with Crippen LogP contribution in [0, 0.1) is 5.41 Å². The van der Waals surface area contributed by atoms with Crippen molar-refractivity contribution in [1.82, 2.24) is 10.3 Å². The highest BCUT2D eigenvalue weighted by Crippen LogP contribution is 2.36. The Balaban J connectivity index is 2.63. The van der Waals surface area contributed by atoms with Crippen molar-refractivity contribution in [3.8, 4) is 0 Å². The lowest BCUT2D eigenvalue weighted by Gasteiger charge is -2.15. The molecule has 0 fully saturated rings. The molecule has 8 heteroatoms. The number of hydrogen-bond acceptors (Lipinski definition) is 3. The first-order valence-electron chi connectivity index (χ1n) is 6.72. The van der Waals surface area contributed by atoms with Crippen molar-refractivity contribution in [2.75, 3.05) is 0 Å². The molecule has 24 heavy (non-hydrogen) atoms. The molecule has 1 heterocycles. The summed E-state index contributed by atoms with van der Waals surface area (Å²) >= 11 is 0. The van der Waals surface area contributed by atoms with Crippen molar-refractivity contribution in [2.24, 2.45) is 5.73 Å². The molecule has 0 aliphatic heterocycles. The highest BCUT2D eigenvalue weighted by Gasteiger charge is 2.34. The van der Waals surface area contributed by atoms with Crippen LogP contribution in [0.5, 0.6) is 0 Å². The second-order valence-corrected chi connectivity index (χ2v) is 4.75. The number of halogens is 3. The molecule has 0 radical (unpaired) electrons. The van der Waals surface area contributed by atoms with Gasteiger partial charge in [-0.05, 0) is 23.3 Å². The van der Waals surface area contributed by atoms with E-state index in [4.69, 9.17) is 11.1 Å². The third kappa shape index (κ3) is 4.19. The summed E-state index contributed by atoms with van der Waals surface area (Å²) in [6, 6.07) is 7.99. The molecule has 5 nitrogen and oxygen atoms in total. The minimum Gasteiger partial charge on any atom is -0.370 e. The van der Waals surface area contributed by atoms with Crippen LogP contribution >= 0.6 is 0 Å². The maximum absolute atomic E-state index is 13.3. The molecule has 0 aliphatic rings. The maximum atomic E-state index is 13.3. The van der Waals surface area contributed by atoms with Gasteiger partial charge in [-0.3, -0.25) is 20.5 Å². The summed E-state index contributed by atoms with van der Waals surface area (Å²) in [5.74, 6) is -1.41. The van der Waals surface area contributed by atoms with E-state index in [1.54, 1.807) is 6.07 Å². The van der Waals surface area contributed by atoms with Crippen LogP contribution in [0.15, 0.2) is 54.9 Å². The average molecular weight is 334 g/mol. The van der Waals surface area contributed by atoms with E-state index >= 15 is 0 Å². The number of benzene rings is 1. The highest BCUT2D eigenvalue weighted by atomic mass is 19.4. The van der Waals surface area contributed by atoms with E-state index < -0.39 is 23.6 Å². The van der Waals surface area contributed by atoms with E-state index in [2.05, 4.69) is 4.98 Å². The number of alkyl halides is 3. The van der Waals surface area contributed by atoms with Gasteiger partial charge < -0.3 is 5.73 Å². The van der Waals surface area contributed by atoms with Crippen LogP contribution in [0.4, 0.5) is 13.2 Å². The van der Waals surface area contributed by atoms with Crippen molar-refractivity contribution in [2.45, 2.75) is 6.18 Å². The zero-order valence-electron chi connectivity index (χ0n) is 12.3. The van der Waals surface area contributed by atoms with Gasteiger partial charge in [0.1, 0.15) is 0 Å². The molecule has 0 saturated carbocycles. The smallest absolute Gasteiger partial charge is 0.370 e. The molecule has 0 atom stereocenters. The van der Waals surface area contributed by atoms with Crippen LogP contribution < -0.4 is 11.1 Å². The van der Waals surface area contributed by atoms with Gasteiger partial charge in [0, 0.05) is 24.0 Å². The van der Waals surface area contributed by atoms with Crippen LogP contribution in [0.1, 0.15) is 16.7 Å². The quantitative estimate of drug-likeness (QED) is 0.457. The summed E-state index contributed by atoms with van der Waals surface area (Å²) in [5.41, 5.74) is 4.38. The second-order valence-electron chi connectivity index (χ2n) is 4.75. The van der Waals surface area contributed by atoms with Crippen LogP contribution in [-0.2, 0) is 11.0 Å². The largest absolute Gasteiger partial charge is 0.417 e. The molecule has 2 aromatic rings. The molecule has 0 spiro atoms. The lowest BCUT2D eigenvalue weighted by atomic mass is 9.94. The first-order chi connectivity index (χ1) is 11.3. The predicted molar refractivity (Wildman–Crippen MR) is 82.8 cm³/mol. The van der Waals surface area contributed by atoms with E-state index in [0.717, 1.165) is 12.1 Å². The number of hydrogen-bond donors (Lipinski definition) is 3. The monoisotopic (exact) mass is 334 g/mol. The molecular weight excluding hydrogens is 321 g/mol. The number of carbonyl (C=O) groups is 1. The zero-order valence-corrected chi connectivity index (χ0v) is 12.3. The van der Waals surface area contributed by atoms with Gasteiger partial charge in [0.25, 0.3) is 5.91 Å². The maximum Gasteiger partial charge on any atom is 0.417 e. The number of carbonyl (C=O) groups excluding carboxylic acids is 1. The van der Waals surface area contributed by atoms with E-state index in [9.17, 15) is 18.0 Å². The van der Waals surface area contributed by atoms with Crippen LogP contribution in [0.3, 0.4) is 0 Å². The number of guanidine groups is 1. The van der Waals surface area contributed by atoms with E-state index in [1.165, 1.54) is 36.7 Å². The zero-order chi connectivity index (χ0) is 17.7. The summed E-state index contributed by atoms with van der Waals surface area (Å²) in [5, 5.41) is 9.06. The van der Waals surface area contributed by atoms with Crippen LogP contribution in [0.2, 0.25) is 0 Å². The van der Waals surface area contributed by atoms with Gasteiger partial charge >= 0.3 is 6.18 Å². The minimum atomic E-state index is -4.59. The number of pyridine rings is 1. The van der Waals surface area contributed by atoms with Gasteiger partial charge in [0.05, 0.1) is 5.56 Å². The Hall–Kier alpha value is -3.16. The SMILES string of the molecule is N=C(N)NC(=O)/C=C(/c1cccnc1)c1ccccc1C(F)(F)F. The number of rotatable bonds is 3. The van der Waals surface area contributed by atoms with Gasteiger partial charge in [-0.15, -0.1) is 0 Å². The molecule has 1 aromatic carbocycles. The Morgan fingerprint density at radius 1 is 1.21 bits per heavy atom. The highest BCUT2D eigenvalue weighted by molar-refractivity contribution is 6.06. The number of amides is 1. The lowest BCUT2D eigenvalue weighted by molar-refractivity contribution is -0.137. The van der Waals surface area contributed by atoms with E-state index in [-0.39, 0.29) is 11.1 Å². The molecule has 4 N–H and O–H groups in total. The molecule has 124 valence electrons. The fourth-order valence-electron chi connectivity index (χ4n) is 2.10. The van der Waals surface area contributed by atoms with E-state index in [1.807, 2.05) is 5.32 Å². The van der Waals surface area contributed by atoms with Crippen molar-refractivity contribution in [1.29, 1.82) is 5.41 Å². The van der Waals surface area contributed by atoms with Gasteiger partial charge in [-0.2, -0.15) is 13.2 Å². The minimum absolute atomic E-state index is 0.0229. The van der Waals surface area contributed by atoms with Crippen molar-refractivity contribution < 1.29 is 18.0 Å². The first kappa shape index (κ1) is 17.2. The number of aromatic nitrogens is 1. The molecule has 0 saturated heterocycles. The fourth-order valence-corrected chi connectivity index (χ4v) is 2.10. The molecule has 1 amide bonds. The standard InChI is InChI=1S/C16H13F3N4O/c17-16(18,19)13-6-2-1-5-11(13)12(8-14(24)23-15(20)21)10-4-3-7-22-9-10/h1-9H,(H4,20,21,23,24)/b12-8-. The number of nitrogens with two attached hydrogens (primary N) is 1. The summed E-state index contributed by atoms with van der Waals surface area (Å²) in [6.07, 6.45) is -0.815. The van der Waals surface area contributed by atoms with Crippen LogP contribution in [0.25, 0.3) is 5.57 Å². The fraction of sp³-hybridized carbons (Fsp3) is 0.0625. The molecule has 2 rings (SSSR count). The van der Waals surface area contributed by atoms with Crippen LogP contribution in [-0.4, -0.2) is 16.9 Å². The normalized spacial score (nSPS) is 11.9. The molecular formula is C16H13F3N4O. The number of nitrogens with one attached hydrogen (secondary N) is 2. The third-order valence-corrected chi connectivity index (χ3v) is 3.03. The van der Waals surface area contributed by atoms with E-state index in [0.29, 0.717) is 5.56 Å². The lowest BCUT2D eigenvalue weighted by Crippen LogP contribution is -2.34. The van der Waals surface area contributed by atoms with Gasteiger partial charge in [-0.1, -0.05) is 24.3 Å². The van der Waals surface area contributed by atoms with Gasteiger partial charge in [0.2, 0.25) is 0 Å². The second kappa shape index (κ2) is 6.95. The van der Waals surface area contributed by atoms with Gasteiger partial charge in [0.15, 0.2) is 5.96 Å². The summed E-state index contributed by atoms with van der Waals surface area (Å²) in [6.45, 7) is 0. The predicted octanol–water partition coefficient (Wildman–Crippen LogP) is 2.54. The van der Waals surface area contributed by atoms with Gasteiger partial charge in [-0.25, -0.2) is 0 Å². The number of nitrogens with zero attached hydrogens (tertiary/aromatic N) is 1. The van der Waals surface area contributed by atoms with Crippen molar-refractivity contribution in [3.05, 3.63) is 71.6 Å². The Labute approximate surface area is 135 Å². The Morgan fingerprint density at radius 3 is 2.50 bits per heavy atom. The molecule has 1 aromatic heterocycles. The first-order valence-corrected chi connectivity index (χ1v) is 6.72. The van der Waals surface area contributed by atoms with Crippen molar-refractivity contribution in [3.63, 3.8) is 0 Å². The molecule has 0 unspecified atom stereocenters.